The third-order valence-corrected chi connectivity index (χ3v) is 15.5. The maximum absolute atomic E-state index is 6.62. The van der Waals surface area contributed by atoms with E-state index in [9.17, 15) is 0 Å². The van der Waals surface area contributed by atoms with Gasteiger partial charge in [-0.05, 0) is 141 Å². The highest BCUT2D eigenvalue weighted by Crippen LogP contribution is 2.51. The Bertz CT molecular complexity index is 3560. The molecule has 0 radical (unpaired) electrons. The highest BCUT2D eigenvalue weighted by Gasteiger charge is 2.46. The molecule has 0 bridgehead atoms. The molecule has 0 amide bonds. The second-order valence-corrected chi connectivity index (χ2v) is 22.4. The van der Waals surface area contributed by atoms with Gasteiger partial charge in [0.15, 0.2) is 0 Å². The molecule has 0 saturated heterocycles. The van der Waals surface area contributed by atoms with Gasteiger partial charge in [-0.1, -0.05) is 140 Å². The fraction of sp³-hybridized carbons (Fsp3) is 0.213. The summed E-state index contributed by atoms with van der Waals surface area (Å²) < 4.78 is 14.5. The number of anilines is 6. The number of fused-ring (bicyclic) bond motifs is 8. The number of furan rings is 2. The van der Waals surface area contributed by atoms with Crippen LogP contribution in [0.2, 0.25) is 0 Å². The van der Waals surface area contributed by atoms with Crippen molar-refractivity contribution in [3.63, 3.8) is 0 Å². The zero-order chi connectivity index (χ0) is 46.3. The van der Waals surface area contributed by atoms with Gasteiger partial charge in [-0.25, -0.2) is 0 Å². The van der Waals surface area contributed by atoms with E-state index in [0.29, 0.717) is 0 Å². The molecule has 0 spiro atoms. The van der Waals surface area contributed by atoms with Gasteiger partial charge in [-0.3, -0.25) is 0 Å². The maximum Gasteiger partial charge on any atom is 0.254 e. The SMILES string of the molecule is Cc1cc(C(C)(C)C)cc(C)c1N1c2cc(C(C)C)cc3c2B(c2ccc(-c4cc5ccccc5o4)cc2N3c2cccc(-c3cc4ccccc4o3)c2)c2c1sc1ccc(C(C)(C)C)cc21. The molecule has 67 heavy (non-hydrogen) atoms. The Kier molecular flexibility index (Phi) is 9.25. The first-order valence-electron chi connectivity index (χ1n) is 23.8. The maximum atomic E-state index is 6.62. The second kappa shape index (κ2) is 14.9. The van der Waals surface area contributed by atoms with Gasteiger partial charge in [0.2, 0.25) is 0 Å². The zero-order valence-corrected chi connectivity index (χ0v) is 40.9. The van der Waals surface area contributed by atoms with Gasteiger partial charge in [-0.15, -0.1) is 11.3 Å². The molecule has 2 aliphatic heterocycles. The van der Waals surface area contributed by atoms with Gasteiger partial charge in [0, 0.05) is 49.3 Å². The van der Waals surface area contributed by atoms with Crippen molar-refractivity contribution in [2.45, 2.75) is 86.0 Å². The molecular formula is C61H55BN2O2S. The quantitative estimate of drug-likeness (QED) is 0.161. The van der Waals surface area contributed by atoms with Crippen molar-refractivity contribution in [2.75, 3.05) is 9.80 Å². The van der Waals surface area contributed by atoms with Crippen molar-refractivity contribution in [3.05, 3.63) is 173 Å². The third-order valence-electron chi connectivity index (χ3n) is 14.3. The Morgan fingerprint density at radius 2 is 1.15 bits per heavy atom. The number of thiophene rings is 1. The molecular weight excluding hydrogens is 836 g/mol. The molecule has 10 aromatic rings. The third kappa shape index (κ3) is 6.62. The monoisotopic (exact) mass is 890 g/mol. The minimum atomic E-state index is -0.0366. The van der Waals surface area contributed by atoms with Crippen LogP contribution in [0, 0.1) is 13.8 Å². The lowest BCUT2D eigenvalue weighted by Crippen LogP contribution is -2.61. The van der Waals surface area contributed by atoms with E-state index in [2.05, 4.69) is 206 Å². The first kappa shape index (κ1) is 41.7. The summed E-state index contributed by atoms with van der Waals surface area (Å²) in [6, 6.07) is 54.0. The van der Waals surface area contributed by atoms with Crippen LogP contribution in [0.1, 0.15) is 89.1 Å². The van der Waals surface area contributed by atoms with Crippen LogP contribution in [0.15, 0.2) is 154 Å². The number of aryl methyl sites for hydroxylation is 2. The Labute approximate surface area is 398 Å². The van der Waals surface area contributed by atoms with E-state index in [-0.39, 0.29) is 23.5 Å². The number of benzene rings is 7. The van der Waals surface area contributed by atoms with Crippen LogP contribution < -0.4 is 26.2 Å². The average molecular weight is 891 g/mol. The summed E-state index contributed by atoms with van der Waals surface area (Å²) in [5.41, 5.74) is 20.4. The molecule has 0 saturated carbocycles. The molecule has 0 atom stereocenters. The number of nitrogens with zero attached hydrogens (tertiary/aromatic N) is 2. The van der Waals surface area contributed by atoms with E-state index < -0.39 is 0 Å². The van der Waals surface area contributed by atoms with Gasteiger partial charge < -0.3 is 18.6 Å². The number of hydrogen-bond donors (Lipinski definition) is 0. The first-order chi connectivity index (χ1) is 32.1. The van der Waals surface area contributed by atoms with Gasteiger partial charge in [-0.2, -0.15) is 0 Å². The summed E-state index contributed by atoms with van der Waals surface area (Å²) in [6.45, 7) is 23.2. The minimum absolute atomic E-state index is 0.0177. The van der Waals surface area contributed by atoms with E-state index in [1.165, 1.54) is 76.4 Å². The van der Waals surface area contributed by atoms with Crippen molar-refractivity contribution in [1.29, 1.82) is 0 Å². The number of hydrogen-bond acceptors (Lipinski definition) is 5. The summed E-state index contributed by atoms with van der Waals surface area (Å²) in [4.78, 5) is 5.20. The molecule has 330 valence electrons. The molecule has 12 rings (SSSR count). The molecule has 3 aromatic heterocycles. The predicted molar refractivity (Wildman–Crippen MR) is 287 cm³/mol. The van der Waals surface area contributed by atoms with Crippen molar-refractivity contribution < 1.29 is 8.83 Å². The Morgan fingerprint density at radius 3 is 1.76 bits per heavy atom. The number of para-hydroxylation sites is 2. The highest BCUT2D eigenvalue weighted by molar-refractivity contribution is 7.26. The normalized spacial score (nSPS) is 13.6. The minimum Gasteiger partial charge on any atom is -0.456 e. The van der Waals surface area contributed by atoms with Crippen LogP contribution >= 0.6 is 11.3 Å². The topological polar surface area (TPSA) is 32.8 Å². The van der Waals surface area contributed by atoms with Crippen LogP contribution in [0.25, 0.3) is 54.7 Å². The second-order valence-electron chi connectivity index (χ2n) is 21.3. The summed E-state index contributed by atoms with van der Waals surface area (Å²) in [5, 5.41) is 4.83. The van der Waals surface area contributed by atoms with Crippen molar-refractivity contribution >= 4 is 99.9 Å². The largest absolute Gasteiger partial charge is 0.456 e. The predicted octanol–water partition coefficient (Wildman–Crippen LogP) is 16.1. The number of rotatable bonds is 5. The van der Waals surface area contributed by atoms with E-state index in [1.807, 2.05) is 29.5 Å². The van der Waals surface area contributed by atoms with Gasteiger partial charge >= 0.3 is 0 Å². The molecule has 7 aromatic carbocycles. The molecule has 0 aliphatic carbocycles. The van der Waals surface area contributed by atoms with Crippen molar-refractivity contribution in [3.8, 4) is 22.6 Å². The van der Waals surface area contributed by atoms with Gasteiger partial charge in [0.05, 0.1) is 10.7 Å². The standard InChI is InChI=1S/C61H55BN2O2S/c1-35(2)42-30-49-57-50(31-42)64(58-36(3)26-44(27-37(58)4)61(8,9)10)59-56(46-34-43(60(5,6)7)23-25-55(46)67-59)62(57)47-24-22-41(54-33-40-17-12-14-21-52(40)66-54)29-48(47)63(49)45-19-15-18-38(28-45)53-32-39-16-11-13-20-51(39)65-53/h11-35H,1-10H3. The summed E-state index contributed by atoms with van der Waals surface area (Å²) in [5.74, 6) is 1.99. The van der Waals surface area contributed by atoms with E-state index in [0.717, 1.165) is 56.0 Å². The lowest BCUT2D eigenvalue weighted by atomic mass is 9.33. The van der Waals surface area contributed by atoms with Crippen LogP contribution in [-0.4, -0.2) is 6.71 Å². The average Bonchev–Trinajstić information content (AvgIpc) is 4.04. The van der Waals surface area contributed by atoms with Crippen molar-refractivity contribution in [2.24, 2.45) is 0 Å². The molecule has 2 aliphatic rings. The Morgan fingerprint density at radius 1 is 0.537 bits per heavy atom. The van der Waals surface area contributed by atoms with Gasteiger partial charge in [0.25, 0.3) is 6.71 Å². The van der Waals surface area contributed by atoms with E-state index >= 15 is 0 Å². The van der Waals surface area contributed by atoms with E-state index in [4.69, 9.17) is 8.83 Å². The highest BCUT2D eigenvalue weighted by atomic mass is 32.1. The van der Waals surface area contributed by atoms with Crippen LogP contribution in [0.3, 0.4) is 0 Å². The van der Waals surface area contributed by atoms with Crippen LogP contribution in [0.4, 0.5) is 33.4 Å². The Balaban J connectivity index is 1.19. The fourth-order valence-corrected chi connectivity index (χ4v) is 12.0. The van der Waals surface area contributed by atoms with Crippen LogP contribution in [0.5, 0.6) is 0 Å². The smallest absolute Gasteiger partial charge is 0.254 e. The zero-order valence-electron chi connectivity index (χ0n) is 40.1. The molecule has 0 fully saturated rings. The van der Waals surface area contributed by atoms with Crippen LogP contribution in [-0.2, 0) is 10.8 Å². The molecule has 5 heterocycles. The van der Waals surface area contributed by atoms with Crippen molar-refractivity contribution in [1.82, 2.24) is 0 Å². The van der Waals surface area contributed by atoms with Gasteiger partial charge in [0.1, 0.15) is 22.7 Å². The van der Waals surface area contributed by atoms with E-state index in [1.54, 1.807) is 0 Å². The summed E-state index contributed by atoms with van der Waals surface area (Å²) >= 11 is 1.94. The molecule has 6 heteroatoms. The lowest BCUT2D eigenvalue weighted by Gasteiger charge is -2.44. The fourth-order valence-electron chi connectivity index (χ4n) is 10.8. The summed E-state index contributed by atoms with van der Waals surface area (Å²) in [6.07, 6.45) is 0. The molecule has 0 N–H and O–H groups in total. The molecule has 0 unspecified atom stereocenters. The molecule has 4 nitrogen and oxygen atoms in total. The summed E-state index contributed by atoms with van der Waals surface area (Å²) in [7, 11) is 0. The first-order valence-corrected chi connectivity index (χ1v) is 24.6. The lowest BCUT2D eigenvalue weighted by molar-refractivity contribution is 0.589. The Hall–Kier alpha value is -6.76.